The highest BCUT2D eigenvalue weighted by Crippen LogP contribution is 2.17. The number of rotatable bonds is 3. The van der Waals surface area contributed by atoms with E-state index in [1.807, 2.05) is 0 Å². The summed E-state index contributed by atoms with van der Waals surface area (Å²) in [7, 11) is 0. The highest BCUT2D eigenvalue weighted by atomic mass is 79.9. The quantitative estimate of drug-likeness (QED) is 0.646. The number of aliphatic hydroxyl groups is 3. The summed E-state index contributed by atoms with van der Waals surface area (Å²) in [6.45, 7) is 1.41. The largest absolute Gasteiger partial charge is 0.391 e. The molecule has 0 radical (unpaired) electrons. The second-order valence-corrected chi connectivity index (χ2v) is 5.26. The summed E-state index contributed by atoms with van der Waals surface area (Å²) in [4.78, 5) is 0. The molecule has 0 saturated heterocycles. The molecule has 0 heterocycles. The van der Waals surface area contributed by atoms with Gasteiger partial charge in [-0.15, -0.1) is 0 Å². The summed E-state index contributed by atoms with van der Waals surface area (Å²) in [5.74, 6) is 0. The molecule has 0 unspecified atom stereocenters. The van der Waals surface area contributed by atoms with E-state index in [2.05, 4.69) is 31.9 Å². The van der Waals surface area contributed by atoms with Crippen molar-refractivity contribution in [3.8, 4) is 0 Å². The zero-order valence-electron chi connectivity index (χ0n) is 5.41. The molecule has 0 amide bonds. The maximum absolute atomic E-state index is 9.06. The molecule has 3 nitrogen and oxygen atoms in total. The SMILES string of the molecule is C[C@@H](O)[C@H](O)[C@@H](O)C(Br)Br. The van der Waals surface area contributed by atoms with Crippen LogP contribution in [0.3, 0.4) is 0 Å². The van der Waals surface area contributed by atoms with Crippen LogP contribution in [0.2, 0.25) is 0 Å². The number of halogens is 2. The molecule has 10 heavy (non-hydrogen) atoms. The van der Waals surface area contributed by atoms with E-state index in [-0.39, 0.29) is 0 Å². The first-order valence-electron chi connectivity index (χ1n) is 2.79. The van der Waals surface area contributed by atoms with Gasteiger partial charge in [-0.1, -0.05) is 31.9 Å². The smallest absolute Gasteiger partial charge is 0.107 e. The molecule has 0 aliphatic carbocycles. The predicted octanol–water partition coefficient (Wildman–Crippen LogP) is 0.205. The Labute approximate surface area is 76.3 Å². The maximum atomic E-state index is 9.06. The van der Waals surface area contributed by atoms with Gasteiger partial charge in [-0.25, -0.2) is 0 Å². The third kappa shape index (κ3) is 3.30. The normalized spacial score (nSPS) is 20.7. The van der Waals surface area contributed by atoms with Crippen molar-refractivity contribution >= 4 is 31.9 Å². The fourth-order valence-corrected chi connectivity index (χ4v) is 1.06. The predicted molar refractivity (Wildman–Crippen MR) is 45.3 cm³/mol. The van der Waals surface area contributed by atoms with E-state index in [4.69, 9.17) is 15.3 Å². The molecular formula is C5H10Br2O3. The Balaban J connectivity index is 3.81. The van der Waals surface area contributed by atoms with Crippen molar-refractivity contribution in [2.75, 3.05) is 0 Å². The van der Waals surface area contributed by atoms with Crippen LogP contribution in [-0.4, -0.2) is 37.4 Å². The molecule has 5 heteroatoms. The topological polar surface area (TPSA) is 60.7 Å². The van der Waals surface area contributed by atoms with E-state index >= 15 is 0 Å². The van der Waals surface area contributed by atoms with Crippen molar-refractivity contribution in [3.05, 3.63) is 0 Å². The molecule has 0 saturated carbocycles. The van der Waals surface area contributed by atoms with Gasteiger partial charge in [-0.05, 0) is 6.92 Å². The minimum atomic E-state index is -1.12. The molecular weight excluding hydrogens is 268 g/mol. The van der Waals surface area contributed by atoms with Crippen LogP contribution < -0.4 is 0 Å². The van der Waals surface area contributed by atoms with Crippen molar-refractivity contribution in [2.45, 2.75) is 29.0 Å². The molecule has 62 valence electrons. The Morgan fingerprint density at radius 2 is 1.40 bits per heavy atom. The third-order valence-corrected chi connectivity index (χ3v) is 2.19. The zero-order chi connectivity index (χ0) is 8.31. The number of hydrogen-bond donors (Lipinski definition) is 3. The Morgan fingerprint density at radius 3 is 1.50 bits per heavy atom. The summed E-state index contributed by atoms with van der Waals surface area (Å²) >= 11 is 6.01. The summed E-state index contributed by atoms with van der Waals surface area (Å²) in [6.07, 6.45) is -3.05. The standard InChI is InChI=1S/C5H10Br2O3/c1-2(8)3(9)4(10)5(6)7/h2-5,8-10H,1H3/t2-,3+,4-/m1/s1. The lowest BCUT2D eigenvalue weighted by Crippen LogP contribution is -2.38. The monoisotopic (exact) mass is 276 g/mol. The molecule has 0 aliphatic rings. The molecule has 0 aliphatic heterocycles. The van der Waals surface area contributed by atoms with Crippen LogP contribution in [0.25, 0.3) is 0 Å². The molecule has 0 spiro atoms. The zero-order valence-corrected chi connectivity index (χ0v) is 8.58. The molecule has 0 aromatic rings. The fraction of sp³-hybridized carbons (Fsp3) is 1.00. The number of hydrogen-bond acceptors (Lipinski definition) is 3. The lowest BCUT2D eigenvalue weighted by Gasteiger charge is -2.20. The maximum Gasteiger partial charge on any atom is 0.107 e. The number of alkyl halides is 2. The Kier molecular flexibility index (Phi) is 5.06. The van der Waals surface area contributed by atoms with Gasteiger partial charge < -0.3 is 15.3 Å². The molecule has 3 N–H and O–H groups in total. The van der Waals surface area contributed by atoms with Gasteiger partial charge in [-0.3, -0.25) is 0 Å². The molecule has 0 bridgehead atoms. The molecule has 3 atom stereocenters. The summed E-state index contributed by atoms with van der Waals surface area (Å²) < 4.78 is -0.399. The van der Waals surface area contributed by atoms with Crippen molar-refractivity contribution in [3.63, 3.8) is 0 Å². The van der Waals surface area contributed by atoms with E-state index in [0.717, 1.165) is 0 Å². The van der Waals surface area contributed by atoms with Crippen LogP contribution in [-0.2, 0) is 0 Å². The van der Waals surface area contributed by atoms with Crippen LogP contribution in [0.1, 0.15) is 6.92 Å². The van der Waals surface area contributed by atoms with Gasteiger partial charge in [0.15, 0.2) is 0 Å². The molecule has 0 aromatic carbocycles. The molecule has 0 fully saturated rings. The van der Waals surface area contributed by atoms with Gasteiger partial charge in [-0.2, -0.15) is 0 Å². The van der Waals surface area contributed by atoms with Crippen molar-refractivity contribution in [1.29, 1.82) is 0 Å². The van der Waals surface area contributed by atoms with Crippen LogP contribution in [0.4, 0.5) is 0 Å². The highest BCUT2D eigenvalue weighted by Gasteiger charge is 2.25. The van der Waals surface area contributed by atoms with Gasteiger partial charge in [0.05, 0.1) is 9.84 Å². The lowest BCUT2D eigenvalue weighted by atomic mass is 10.1. The highest BCUT2D eigenvalue weighted by molar-refractivity contribution is 9.24. The Hall–Kier alpha value is 0.840. The van der Waals surface area contributed by atoms with E-state index in [1.165, 1.54) is 6.92 Å². The van der Waals surface area contributed by atoms with Crippen molar-refractivity contribution in [1.82, 2.24) is 0 Å². The van der Waals surface area contributed by atoms with E-state index in [9.17, 15) is 0 Å². The van der Waals surface area contributed by atoms with Gasteiger partial charge in [0, 0.05) is 0 Å². The van der Waals surface area contributed by atoms with E-state index in [0.29, 0.717) is 0 Å². The average molecular weight is 278 g/mol. The van der Waals surface area contributed by atoms with Crippen LogP contribution >= 0.6 is 31.9 Å². The second-order valence-electron chi connectivity index (χ2n) is 2.06. The lowest BCUT2D eigenvalue weighted by molar-refractivity contribution is -0.0437. The Morgan fingerprint density at radius 1 is 1.00 bits per heavy atom. The van der Waals surface area contributed by atoms with Gasteiger partial charge >= 0.3 is 0 Å². The van der Waals surface area contributed by atoms with Crippen LogP contribution in [0.5, 0.6) is 0 Å². The number of aliphatic hydroxyl groups excluding tert-OH is 3. The summed E-state index contributed by atoms with van der Waals surface area (Å²) in [5, 5.41) is 26.9. The van der Waals surface area contributed by atoms with Gasteiger partial charge in [0.1, 0.15) is 12.2 Å². The minimum absolute atomic E-state index is 0.399. The van der Waals surface area contributed by atoms with Crippen molar-refractivity contribution < 1.29 is 15.3 Å². The van der Waals surface area contributed by atoms with Crippen LogP contribution in [0, 0.1) is 0 Å². The first-order chi connectivity index (χ1) is 4.46. The second kappa shape index (κ2) is 4.66. The van der Waals surface area contributed by atoms with Crippen molar-refractivity contribution in [2.24, 2.45) is 0 Å². The summed E-state index contributed by atoms with van der Waals surface area (Å²) in [6, 6.07) is 0. The minimum Gasteiger partial charge on any atom is -0.391 e. The first kappa shape index (κ1) is 10.8. The van der Waals surface area contributed by atoms with Gasteiger partial charge in [0.25, 0.3) is 0 Å². The van der Waals surface area contributed by atoms with Crippen LogP contribution in [0.15, 0.2) is 0 Å². The third-order valence-electron chi connectivity index (χ3n) is 1.10. The van der Waals surface area contributed by atoms with E-state index < -0.39 is 22.0 Å². The molecule has 0 rings (SSSR count). The summed E-state index contributed by atoms with van der Waals surface area (Å²) in [5.41, 5.74) is 0. The first-order valence-corrected chi connectivity index (χ1v) is 4.62. The average Bonchev–Trinajstić information content (AvgIpc) is 1.84. The van der Waals surface area contributed by atoms with E-state index in [1.54, 1.807) is 0 Å². The fourth-order valence-electron chi connectivity index (χ4n) is 0.434. The molecule has 0 aromatic heterocycles. The Bertz CT molecular complexity index is 84.9. The van der Waals surface area contributed by atoms with Gasteiger partial charge in [0.2, 0.25) is 0 Å².